The minimum absolute atomic E-state index is 0.291. The molecule has 0 N–H and O–H groups in total. The number of hydrogen-bond acceptors (Lipinski definition) is 2. The van der Waals surface area contributed by atoms with Crippen LogP contribution in [0.3, 0.4) is 0 Å². The van der Waals surface area contributed by atoms with Crippen LogP contribution in [0.1, 0.15) is 17.5 Å². The van der Waals surface area contributed by atoms with Crippen LogP contribution in [0, 0.1) is 0 Å². The van der Waals surface area contributed by atoms with E-state index in [4.69, 9.17) is 4.42 Å². The molecule has 0 amide bonds. The van der Waals surface area contributed by atoms with E-state index in [1.165, 1.54) is 70.4 Å². The summed E-state index contributed by atoms with van der Waals surface area (Å²) >= 11 is 0. The SMILES string of the molecule is C1=CC2c3cc(-c4ccc(N(c5ccc(-c6ccc([Si](c7ccccc7)(c7ccccc7)c7ccccc7)cc6)cc5)c5ccc(-c6ccc7oc8ccccc8c7c6)cc5)cc4)cc4c5ccccc5n(c34)C2C=C1. The Labute approximate surface area is 443 Å². The van der Waals surface area contributed by atoms with Crippen molar-refractivity contribution in [3.63, 3.8) is 0 Å². The topological polar surface area (TPSA) is 21.3 Å². The van der Waals surface area contributed by atoms with Gasteiger partial charge in [-0.05, 0) is 132 Å². The molecule has 0 radical (unpaired) electrons. The third-order valence-electron chi connectivity index (χ3n) is 16.3. The van der Waals surface area contributed by atoms with Crippen LogP contribution in [0.2, 0.25) is 0 Å². The number of rotatable bonds is 10. The molecular weight excluding hydrogens is 937 g/mol. The average Bonchev–Trinajstić information content (AvgIpc) is 4.19. The highest BCUT2D eigenvalue weighted by molar-refractivity contribution is 7.19. The van der Waals surface area contributed by atoms with Crippen LogP contribution < -0.4 is 25.6 Å². The second kappa shape index (κ2) is 17.9. The van der Waals surface area contributed by atoms with Gasteiger partial charge in [-0.3, -0.25) is 0 Å². The predicted molar refractivity (Wildman–Crippen MR) is 321 cm³/mol. The summed E-state index contributed by atoms with van der Waals surface area (Å²) in [6.45, 7) is 0. The Morgan fingerprint density at radius 3 is 1.39 bits per heavy atom. The maximum Gasteiger partial charge on any atom is 0.179 e. The highest BCUT2D eigenvalue weighted by Gasteiger charge is 2.41. The molecule has 13 aromatic rings. The summed E-state index contributed by atoms with van der Waals surface area (Å²) in [6, 6.07) is 98.9. The fourth-order valence-corrected chi connectivity index (χ4v) is 17.5. The molecule has 3 nitrogen and oxygen atoms in total. The molecule has 4 heteroatoms. The minimum Gasteiger partial charge on any atom is -0.456 e. The molecule has 15 rings (SSSR count). The number of nitrogens with zero attached hydrogens (tertiary/aromatic N) is 2. The van der Waals surface area contributed by atoms with Gasteiger partial charge in [0.15, 0.2) is 8.07 Å². The van der Waals surface area contributed by atoms with Crippen molar-refractivity contribution in [1.82, 2.24) is 4.57 Å². The molecule has 76 heavy (non-hydrogen) atoms. The van der Waals surface area contributed by atoms with E-state index in [0.717, 1.165) is 50.1 Å². The molecule has 3 heterocycles. The van der Waals surface area contributed by atoms with Gasteiger partial charge >= 0.3 is 0 Å². The number of anilines is 3. The second-order valence-corrected chi connectivity index (χ2v) is 24.2. The van der Waals surface area contributed by atoms with Gasteiger partial charge in [-0.2, -0.15) is 0 Å². The van der Waals surface area contributed by atoms with Gasteiger partial charge in [-0.1, -0.05) is 218 Å². The molecule has 2 atom stereocenters. The summed E-state index contributed by atoms with van der Waals surface area (Å²) in [7, 11) is -2.64. The van der Waals surface area contributed by atoms with E-state index in [2.05, 4.69) is 289 Å². The van der Waals surface area contributed by atoms with Crippen LogP contribution >= 0.6 is 0 Å². The van der Waals surface area contributed by atoms with Crippen LogP contribution in [0.5, 0.6) is 0 Å². The highest BCUT2D eigenvalue weighted by atomic mass is 28.3. The van der Waals surface area contributed by atoms with Gasteiger partial charge in [0.05, 0.1) is 11.6 Å². The Morgan fingerprint density at radius 2 is 0.789 bits per heavy atom. The van der Waals surface area contributed by atoms with E-state index in [1.54, 1.807) is 0 Å². The number of aromatic nitrogens is 1. The molecule has 1 aliphatic carbocycles. The molecule has 0 spiro atoms. The van der Waals surface area contributed by atoms with Crippen molar-refractivity contribution in [3.8, 4) is 33.4 Å². The summed E-state index contributed by atoms with van der Waals surface area (Å²) in [5, 5.41) is 10.4. The summed E-state index contributed by atoms with van der Waals surface area (Å²) in [6.07, 6.45) is 9.16. The van der Waals surface area contributed by atoms with Crippen molar-refractivity contribution >= 4 is 89.6 Å². The minimum atomic E-state index is -2.64. The van der Waals surface area contributed by atoms with Gasteiger partial charge in [-0.25, -0.2) is 0 Å². The van der Waals surface area contributed by atoms with Crippen LogP contribution in [0.4, 0.5) is 17.1 Å². The van der Waals surface area contributed by atoms with Crippen molar-refractivity contribution in [3.05, 3.63) is 297 Å². The largest absolute Gasteiger partial charge is 0.456 e. The van der Waals surface area contributed by atoms with Gasteiger partial charge in [0.2, 0.25) is 0 Å². The fraction of sp³-hybridized carbons (Fsp3) is 0.0278. The van der Waals surface area contributed by atoms with E-state index in [0.29, 0.717) is 12.0 Å². The number of hydrogen-bond donors (Lipinski definition) is 0. The van der Waals surface area contributed by atoms with Crippen molar-refractivity contribution in [2.24, 2.45) is 0 Å². The summed E-state index contributed by atoms with van der Waals surface area (Å²) in [5.41, 5.74) is 16.2. The second-order valence-electron chi connectivity index (χ2n) is 20.3. The van der Waals surface area contributed by atoms with Crippen molar-refractivity contribution in [1.29, 1.82) is 0 Å². The lowest BCUT2D eigenvalue weighted by Crippen LogP contribution is -2.74. The fourth-order valence-electron chi connectivity index (χ4n) is 12.8. The van der Waals surface area contributed by atoms with E-state index in [-0.39, 0.29) is 0 Å². The zero-order chi connectivity index (χ0) is 50.2. The van der Waals surface area contributed by atoms with Gasteiger partial charge in [0.1, 0.15) is 11.2 Å². The Morgan fingerprint density at radius 1 is 0.342 bits per heavy atom. The predicted octanol–water partition coefficient (Wildman–Crippen LogP) is 16.3. The maximum atomic E-state index is 6.19. The molecule has 0 saturated heterocycles. The molecule has 0 bridgehead atoms. The Balaban J connectivity index is 0.805. The normalized spacial score (nSPS) is 14.7. The smallest absolute Gasteiger partial charge is 0.179 e. The Kier molecular flexibility index (Phi) is 10.4. The van der Waals surface area contributed by atoms with E-state index in [9.17, 15) is 0 Å². The number of allylic oxidation sites excluding steroid dienone is 4. The lowest BCUT2D eigenvalue weighted by atomic mass is 9.88. The van der Waals surface area contributed by atoms with Gasteiger partial charge in [-0.15, -0.1) is 0 Å². The van der Waals surface area contributed by atoms with Gasteiger partial charge in [0.25, 0.3) is 0 Å². The number of furan rings is 1. The Hall–Kier alpha value is -9.48. The Bertz CT molecular complexity index is 4270. The van der Waals surface area contributed by atoms with E-state index < -0.39 is 8.07 Å². The first-order valence-corrected chi connectivity index (χ1v) is 28.4. The number of benzene rings is 11. The number of fused-ring (bicyclic) bond motifs is 9. The van der Waals surface area contributed by atoms with E-state index >= 15 is 0 Å². The molecule has 1 aliphatic heterocycles. The summed E-state index contributed by atoms with van der Waals surface area (Å²) in [4.78, 5) is 2.38. The van der Waals surface area contributed by atoms with Crippen LogP contribution in [0.15, 0.2) is 296 Å². The molecule has 0 fully saturated rings. The van der Waals surface area contributed by atoms with E-state index in [1.807, 2.05) is 12.1 Å². The van der Waals surface area contributed by atoms with Gasteiger partial charge in [0, 0.05) is 50.0 Å². The third kappa shape index (κ3) is 7.02. The molecule has 0 saturated carbocycles. The first-order valence-electron chi connectivity index (χ1n) is 26.4. The van der Waals surface area contributed by atoms with Crippen molar-refractivity contribution in [2.75, 3.05) is 4.90 Å². The number of para-hydroxylation sites is 2. The molecule has 2 unspecified atom stereocenters. The van der Waals surface area contributed by atoms with Crippen molar-refractivity contribution < 1.29 is 4.42 Å². The van der Waals surface area contributed by atoms with Crippen LogP contribution in [-0.4, -0.2) is 12.6 Å². The third-order valence-corrected chi connectivity index (χ3v) is 21.1. The lowest BCUT2D eigenvalue weighted by Gasteiger charge is -2.34. The summed E-state index contributed by atoms with van der Waals surface area (Å²) < 4.78 is 8.75. The lowest BCUT2D eigenvalue weighted by molar-refractivity contribution is 0.615. The monoisotopic (exact) mass is 986 g/mol. The van der Waals surface area contributed by atoms with Crippen LogP contribution in [-0.2, 0) is 0 Å². The molecule has 358 valence electrons. The molecule has 2 aromatic heterocycles. The summed E-state index contributed by atoms with van der Waals surface area (Å²) in [5.74, 6) is 0.319. The maximum absolute atomic E-state index is 6.19. The molecular formula is C72H50N2OSi. The van der Waals surface area contributed by atoms with Gasteiger partial charge < -0.3 is 13.9 Å². The van der Waals surface area contributed by atoms with Crippen molar-refractivity contribution in [2.45, 2.75) is 12.0 Å². The average molecular weight is 987 g/mol. The quantitative estimate of drug-likeness (QED) is 0.101. The van der Waals surface area contributed by atoms with Crippen LogP contribution in [0.25, 0.3) is 77.1 Å². The standard InChI is InChI=1S/C72H50N2OSi/c1-4-16-58(17-5-1)76(59-18-6-2-7-19-59,60-20-8-3-9-21-60)61-43-34-50(35-44-61)49-28-37-55(38-29-49)73(56-39-30-51(31-40-56)53-36-45-71-65(46-53)64-24-12-15-27-70(64)75-71)57-41-32-52(33-42-57)54-47-66-62-22-10-13-25-68(62)74-69-26-14-11-23-63(69)67(48-54)72(66)74/h1-48,62,68H. The molecule has 2 aliphatic rings. The zero-order valence-corrected chi connectivity index (χ0v) is 42.7. The molecule has 11 aromatic carbocycles. The first-order chi connectivity index (χ1) is 37.7. The highest BCUT2D eigenvalue weighted by Crippen LogP contribution is 2.51. The zero-order valence-electron chi connectivity index (χ0n) is 41.7. The first kappa shape index (κ1) is 44.0.